The molecule has 3 N–H and O–H groups in total. The molecular weight excluding hydrogens is 430 g/mol. The minimum absolute atomic E-state index is 0.118. The first-order valence-electron chi connectivity index (χ1n) is 8.60. The van der Waals surface area contributed by atoms with E-state index in [0.29, 0.717) is 15.6 Å². The Morgan fingerprint density at radius 3 is 2.50 bits per heavy atom. The Hall–Kier alpha value is -2.42. The maximum atomic E-state index is 11.7. The Bertz CT molecular complexity index is 799. The first kappa shape index (κ1) is 21.9. The first-order chi connectivity index (χ1) is 13.4. The van der Waals surface area contributed by atoms with Crippen LogP contribution in [0.25, 0.3) is 0 Å². The second-order valence-electron chi connectivity index (χ2n) is 6.02. The fourth-order valence-corrected chi connectivity index (χ4v) is 3.09. The summed E-state index contributed by atoms with van der Waals surface area (Å²) in [6.45, 7) is 0.279. The van der Waals surface area contributed by atoms with E-state index in [1.807, 2.05) is 30.3 Å². The molecule has 2 aromatic rings. The summed E-state index contributed by atoms with van der Waals surface area (Å²) >= 11 is 3.28. The summed E-state index contributed by atoms with van der Waals surface area (Å²) in [5.74, 6) is -0.500. The van der Waals surface area contributed by atoms with Gasteiger partial charge in [0.05, 0.1) is 18.8 Å². The maximum Gasteiger partial charge on any atom is 0.407 e. The van der Waals surface area contributed by atoms with Crippen LogP contribution < -0.4 is 5.32 Å². The third-order valence-corrected chi connectivity index (χ3v) is 4.71. The van der Waals surface area contributed by atoms with E-state index in [0.717, 1.165) is 5.56 Å². The first-order valence-corrected chi connectivity index (χ1v) is 9.40. The lowest BCUT2D eigenvalue weighted by Crippen LogP contribution is -2.29. The van der Waals surface area contributed by atoms with E-state index in [2.05, 4.69) is 26.0 Å². The highest BCUT2D eigenvalue weighted by atomic mass is 79.9. The predicted octanol–water partition coefficient (Wildman–Crippen LogP) is 2.95. The zero-order valence-electron chi connectivity index (χ0n) is 15.3. The molecule has 0 fully saturated rings. The molecule has 0 aliphatic rings. The van der Waals surface area contributed by atoms with Crippen molar-refractivity contribution >= 4 is 28.0 Å². The predicted molar refractivity (Wildman–Crippen MR) is 106 cm³/mol. The summed E-state index contributed by atoms with van der Waals surface area (Å²) in [7, 11) is 1.28. The number of hydrogen-bond donors (Lipinski definition) is 3. The van der Waals surface area contributed by atoms with E-state index in [9.17, 15) is 19.8 Å². The van der Waals surface area contributed by atoms with Crippen molar-refractivity contribution in [1.29, 1.82) is 0 Å². The highest BCUT2D eigenvalue weighted by Gasteiger charge is 2.21. The zero-order valence-corrected chi connectivity index (χ0v) is 16.9. The van der Waals surface area contributed by atoms with E-state index in [1.165, 1.54) is 25.3 Å². The van der Waals surface area contributed by atoms with Crippen LogP contribution in [0.5, 0.6) is 0 Å². The fourth-order valence-electron chi connectivity index (χ4n) is 2.47. The second-order valence-corrected chi connectivity index (χ2v) is 6.87. The van der Waals surface area contributed by atoms with Gasteiger partial charge >= 0.3 is 12.1 Å². The average Bonchev–Trinajstić information content (AvgIpc) is 2.71. The number of nitrogens with one attached hydrogen (secondary N) is 1. The van der Waals surface area contributed by atoms with Gasteiger partial charge in [-0.05, 0) is 29.7 Å². The molecule has 1 amide bonds. The van der Waals surface area contributed by atoms with Crippen LogP contribution in [0.1, 0.15) is 34.0 Å². The van der Waals surface area contributed by atoms with Gasteiger partial charge in [0, 0.05) is 11.0 Å². The van der Waals surface area contributed by atoms with Crippen LogP contribution in [0, 0.1) is 0 Å². The molecule has 0 saturated heterocycles. The van der Waals surface area contributed by atoms with E-state index in [4.69, 9.17) is 4.74 Å². The summed E-state index contributed by atoms with van der Waals surface area (Å²) in [5, 5.41) is 23.1. The van der Waals surface area contributed by atoms with Gasteiger partial charge < -0.3 is 25.0 Å². The molecule has 0 spiro atoms. The Kier molecular flexibility index (Phi) is 8.43. The van der Waals surface area contributed by atoms with Crippen molar-refractivity contribution in [3.8, 4) is 0 Å². The van der Waals surface area contributed by atoms with Gasteiger partial charge in [0.15, 0.2) is 0 Å². The maximum absolute atomic E-state index is 11.7. The number of aliphatic hydroxyl groups excluding tert-OH is 2. The molecule has 0 heterocycles. The highest BCUT2D eigenvalue weighted by Crippen LogP contribution is 2.28. The molecular formula is C20H22BrNO6. The number of benzene rings is 2. The minimum atomic E-state index is -1.19. The van der Waals surface area contributed by atoms with Gasteiger partial charge in [-0.1, -0.05) is 52.3 Å². The number of hydrogen-bond acceptors (Lipinski definition) is 6. The van der Waals surface area contributed by atoms with Crippen molar-refractivity contribution in [3.05, 3.63) is 69.7 Å². The van der Waals surface area contributed by atoms with Gasteiger partial charge in [-0.15, -0.1) is 0 Å². The SMILES string of the molecule is COC(=O)c1ccc(C(O)C(O)CCNC(=O)OCc2ccccc2)c(Br)c1. The normalized spacial score (nSPS) is 12.7. The Morgan fingerprint density at radius 1 is 1.14 bits per heavy atom. The molecule has 0 radical (unpaired) electrons. The van der Waals surface area contributed by atoms with Gasteiger partial charge in [0.2, 0.25) is 0 Å². The van der Waals surface area contributed by atoms with Crippen LogP contribution in [0.3, 0.4) is 0 Å². The lowest BCUT2D eigenvalue weighted by Gasteiger charge is -2.20. The van der Waals surface area contributed by atoms with Gasteiger partial charge in [0.25, 0.3) is 0 Å². The quantitative estimate of drug-likeness (QED) is 0.532. The number of carbonyl (C=O) groups excluding carboxylic acids is 2. The van der Waals surface area contributed by atoms with Crippen LogP contribution in [0.2, 0.25) is 0 Å². The smallest absolute Gasteiger partial charge is 0.407 e. The molecule has 7 nitrogen and oxygen atoms in total. The third kappa shape index (κ3) is 6.33. The third-order valence-electron chi connectivity index (χ3n) is 4.03. The Labute approximate surface area is 171 Å². The molecule has 0 aliphatic heterocycles. The number of rotatable bonds is 8. The standard InChI is InChI=1S/C20H22BrNO6/c1-27-19(25)14-7-8-15(16(21)11-14)18(24)17(23)9-10-22-20(26)28-12-13-5-3-2-4-6-13/h2-8,11,17-18,23-24H,9-10,12H2,1H3,(H,22,26). The van der Waals surface area contributed by atoms with Crippen molar-refractivity contribution in [1.82, 2.24) is 5.32 Å². The number of carbonyl (C=O) groups is 2. The number of alkyl carbamates (subject to hydrolysis) is 1. The van der Waals surface area contributed by atoms with Gasteiger partial charge in [0.1, 0.15) is 12.7 Å². The summed E-state index contributed by atoms with van der Waals surface area (Å²) < 4.78 is 10.2. The van der Waals surface area contributed by atoms with Crippen molar-refractivity contribution in [2.45, 2.75) is 25.2 Å². The Balaban J connectivity index is 1.79. The average molecular weight is 452 g/mol. The number of amides is 1. The van der Waals surface area contributed by atoms with Crippen LogP contribution in [-0.4, -0.2) is 42.0 Å². The van der Waals surface area contributed by atoms with Gasteiger partial charge in [-0.2, -0.15) is 0 Å². The van der Waals surface area contributed by atoms with Crippen LogP contribution in [-0.2, 0) is 16.1 Å². The van der Waals surface area contributed by atoms with Crippen LogP contribution >= 0.6 is 15.9 Å². The van der Waals surface area contributed by atoms with E-state index in [-0.39, 0.29) is 19.6 Å². The molecule has 0 saturated carbocycles. The van der Waals surface area contributed by atoms with Crippen molar-refractivity contribution in [3.63, 3.8) is 0 Å². The molecule has 2 unspecified atom stereocenters. The number of aliphatic hydroxyl groups is 2. The van der Waals surface area contributed by atoms with E-state index >= 15 is 0 Å². The van der Waals surface area contributed by atoms with Gasteiger partial charge in [-0.25, -0.2) is 9.59 Å². The molecule has 2 atom stereocenters. The summed E-state index contributed by atoms with van der Waals surface area (Å²) in [6.07, 6.45) is -2.79. The van der Waals surface area contributed by atoms with E-state index < -0.39 is 24.3 Å². The molecule has 28 heavy (non-hydrogen) atoms. The molecule has 2 aromatic carbocycles. The molecule has 2 rings (SSSR count). The van der Waals surface area contributed by atoms with Crippen LogP contribution in [0.15, 0.2) is 53.0 Å². The molecule has 0 aromatic heterocycles. The lowest BCUT2D eigenvalue weighted by molar-refractivity contribution is 0.0132. The largest absolute Gasteiger partial charge is 0.465 e. The lowest BCUT2D eigenvalue weighted by atomic mass is 10.0. The minimum Gasteiger partial charge on any atom is -0.465 e. The van der Waals surface area contributed by atoms with E-state index in [1.54, 1.807) is 0 Å². The summed E-state index contributed by atoms with van der Waals surface area (Å²) in [4.78, 5) is 23.2. The Morgan fingerprint density at radius 2 is 1.86 bits per heavy atom. The van der Waals surface area contributed by atoms with Crippen molar-refractivity contribution in [2.24, 2.45) is 0 Å². The molecule has 0 aliphatic carbocycles. The van der Waals surface area contributed by atoms with Gasteiger partial charge in [-0.3, -0.25) is 0 Å². The monoisotopic (exact) mass is 451 g/mol. The number of methoxy groups -OCH3 is 1. The molecule has 0 bridgehead atoms. The zero-order chi connectivity index (χ0) is 20.5. The second kappa shape index (κ2) is 10.8. The topological polar surface area (TPSA) is 105 Å². The highest BCUT2D eigenvalue weighted by molar-refractivity contribution is 9.10. The van der Waals surface area contributed by atoms with Crippen LogP contribution in [0.4, 0.5) is 4.79 Å². The van der Waals surface area contributed by atoms with Crippen molar-refractivity contribution in [2.75, 3.05) is 13.7 Å². The fraction of sp³-hybridized carbons (Fsp3) is 0.300. The molecule has 8 heteroatoms. The number of ether oxygens (including phenoxy) is 2. The number of esters is 1. The molecule has 150 valence electrons. The number of halogens is 1. The van der Waals surface area contributed by atoms with Crippen molar-refractivity contribution < 1.29 is 29.3 Å². The summed E-state index contributed by atoms with van der Waals surface area (Å²) in [6, 6.07) is 13.8. The summed E-state index contributed by atoms with van der Waals surface area (Å²) in [5.41, 5.74) is 1.61.